The highest BCUT2D eigenvalue weighted by atomic mass is 16.5. The molecule has 0 saturated heterocycles. The Morgan fingerprint density at radius 2 is 1.92 bits per heavy atom. The molecule has 26 heavy (non-hydrogen) atoms. The second kappa shape index (κ2) is 8.04. The van der Waals surface area contributed by atoms with Gasteiger partial charge in [0.2, 0.25) is 0 Å². The maximum Gasteiger partial charge on any atom is 0.408 e. The average molecular weight is 353 g/mol. The highest BCUT2D eigenvalue weighted by Crippen LogP contribution is 2.38. The van der Waals surface area contributed by atoms with Crippen LogP contribution in [-0.4, -0.2) is 23.2 Å². The number of benzene rings is 2. The monoisotopic (exact) mass is 353 g/mol. The van der Waals surface area contributed by atoms with Gasteiger partial charge in [-0.05, 0) is 40.7 Å². The number of ether oxygens (including phenoxy) is 1. The minimum Gasteiger partial charge on any atom is -0.480 e. The van der Waals surface area contributed by atoms with E-state index in [-0.39, 0.29) is 6.61 Å². The number of fused-ring (bicyclic) bond motifs is 3. The third-order valence-corrected chi connectivity index (χ3v) is 4.74. The summed E-state index contributed by atoms with van der Waals surface area (Å²) in [7, 11) is 0. The average Bonchev–Trinajstić information content (AvgIpc) is 3.02. The van der Waals surface area contributed by atoms with E-state index in [9.17, 15) is 14.7 Å². The maximum absolute atomic E-state index is 12.0. The van der Waals surface area contributed by atoms with Crippen molar-refractivity contribution in [1.82, 2.24) is 5.32 Å². The lowest BCUT2D eigenvalue weighted by atomic mass is 10.0. The lowest BCUT2D eigenvalue weighted by Gasteiger charge is -2.15. The van der Waals surface area contributed by atoms with E-state index in [0.29, 0.717) is 6.42 Å². The van der Waals surface area contributed by atoms with Gasteiger partial charge in [0.15, 0.2) is 0 Å². The number of amides is 1. The normalized spacial score (nSPS) is 12.8. The summed E-state index contributed by atoms with van der Waals surface area (Å²) < 4.78 is 5.30. The van der Waals surface area contributed by atoms with E-state index in [1.165, 1.54) is 22.3 Å². The Labute approximate surface area is 153 Å². The van der Waals surface area contributed by atoms with Crippen LogP contribution in [0.2, 0.25) is 0 Å². The van der Waals surface area contributed by atoms with Crippen molar-refractivity contribution in [2.24, 2.45) is 0 Å². The number of carboxylic acid groups (broad SMARTS) is 1. The first-order valence-corrected chi connectivity index (χ1v) is 8.95. The van der Waals surface area contributed by atoms with Gasteiger partial charge in [-0.2, -0.15) is 0 Å². The molecule has 0 bridgehead atoms. The third kappa shape index (κ3) is 3.87. The molecule has 1 amide bonds. The molecule has 5 nitrogen and oxygen atoms in total. The molecular formula is C21H23NO4. The summed E-state index contributed by atoms with van der Waals surface area (Å²) in [5.41, 5.74) is 5.79. The number of hydrogen-bond donors (Lipinski definition) is 2. The summed E-state index contributed by atoms with van der Waals surface area (Å²) in [6.07, 6.45) is 2.14. The molecule has 2 aromatic carbocycles. The molecule has 0 unspecified atom stereocenters. The van der Waals surface area contributed by atoms with Gasteiger partial charge >= 0.3 is 12.1 Å². The zero-order valence-corrected chi connectivity index (χ0v) is 14.8. The Morgan fingerprint density at radius 1 is 1.15 bits per heavy atom. The minimum atomic E-state index is -1.04. The van der Waals surface area contributed by atoms with Gasteiger partial charge in [-0.1, -0.05) is 62.2 Å². The summed E-state index contributed by atoms with van der Waals surface area (Å²) >= 11 is 0. The van der Waals surface area contributed by atoms with E-state index in [0.717, 1.165) is 24.8 Å². The lowest BCUT2D eigenvalue weighted by molar-refractivity contribution is -0.139. The Hall–Kier alpha value is -2.82. The van der Waals surface area contributed by atoms with Gasteiger partial charge in [0.25, 0.3) is 0 Å². The van der Waals surface area contributed by atoms with Gasteiger partial charge in [-0.15, -0.1) is 0 Å². The maximum atomic E-state index is 12.0. The predicted octanol–water partition coefficient (Wildman–Crippen LogP) is 4.13. The van der Waals surface area contributed by atoms with Gasteiger partial charge in [-0.3, -0.25) is 0 Å². The van der Waals surface area contributed by atoms with E-state index < -0.39 is 18.1 Å². The predicted molar refractivity (Wildman–Crippen MR) is 99.0 cm³/mol. The van der Waals surface area contributed by atoms with Crippen molar-refractivity contribution in [3.63, 3.8) is 0 Å². The van der Waals surface area contributed by atoms with Crippen molar-refractivity contribution in [3.05, 3.63) is 59.2 Å². The number of rotatable bonds is 7. The molecular weight excluding hydrogens is 330 g/mol. The Balaban J connectivity index is 1.64. The third-order valence-electron chi connectivity index (χ3n) is 4.74. The van der Waals surface area contributed by atoms with Crippen LogP contribution in [0.3, 0.4) is 0 Å². The summed E-state index contributed by atoms with van der Waals surface area (Å²) in [5.74, 6) is -1.04. The number of carbonyl (C=O) groups is 2. The Morgan fingerprint density at radius 3 is 2.69 bits per heavy atom. The minimum absolute atomic E-state index is 0.128. The molecule has 1 aliphatic carbocycles. The zero-order valence-electron chi connectivity index (χ0n) is 14.8. The van der Waals surface area contributed by atoms with E-state index in [1.54, 1.807) is 0 Å². The van der Waals surface area contributed by atoms with Crippen LogP contribution in [0, 0.1) is 0 Å². The SMILES string of the molecule is CCCC[C@H](NC(=O)OCc1cccc2c1Cc1ccccc1-2)C(=O)O. The molecule has 0 aliphatic heterocycles. The summed E-state index contributed by atoms with van der Waals surface area (Å²) in [5, 5.41) is 11.6. The molecule has 0 spiro atoms. The van der Waals surface area contributed by atoms with Crippen LogP contribution in [0.4, 0.5) is 4.79 Å². The molecule has 136 valence electrons. The fourth-order valence-corrected chi connectivity index (χ4v) is 3.35. The summed E-state index contributed by atoms with van der Waals surface area (Å²) in [6, 6.07) is 13.3. The molecule has 2 aromatic rings. The van der Waals surface area contributed by atoms with Crippen LogP contribution in [0.5, 0.6) is 0 Å². The van der Waals surface area contributed by atoms with Gasteiger partial charge in [0.05, 0.1) is 0 Å². The number of carboxylic acids is 1. The first-order chi connectivity index (χ1) is 12.6. The lowest BCUT2D eigenvalue weighted by Crippen LogP contribution is -2.41. The number of alkyl carbamates (subject to hydrolysis) is 1. The van der Waals surface area contributed by atoms with Crippen molar-refractivity contribution in [1.29, 1.82) is 0 Å². The van der Waals surface area contributed by atoms with Crippen LogP contribution in [0.25, 0.3) is 11.1 Å². The fraction of sp³-hybridized carbons (Fsp3) is 0.333. The molecule has 3 rings (SSSR count). The number of aliphatic carboxylic acids is 1. The molecule has 1 aliphatic rings. The molecule has 0 saturated carbocycles. The van der Waals surface area contributed by atoms with Gasteiger partial charge in [-0.25, -0.2) is 9.59 Å². The van der Waals surface area contributed by atoms with E-state index in [2.05, 4.69) is 23.5 Å². The van der Waals surface area contributed by atoms with Crippen LogP contribution in [0.1, 0.15) is 42.9 Å². The number of nitrogens with one attached hydrogen (secondary N) is 1. The van der Waals surface area contributed by atoms with E-state index in [4.69, 9.17) is 4.74 Å². The molecule has 5 heteroatoms. The smallest absolute Gasteiger partial charge is 0.408 e. The number of carbonyl (C=O) groups excluding carboxylic acids is 1. The van der Waals surface area contributed by atoms with Gasteiger partial charge < -0.3 is 15.2 Å². The van der Waals surface area contributed by atoms with Crippen LogP contribution >= 0.6 is 0 Å². The zero-order chi connectivity index (χ0) is 18.5. The summed E-state index contributed by atoms with van der Waals surface area (Å²) in [4.78, 5) is 23.2. The highest BCUT2D eigenvalue weighted by Gasteiger charge is 2.22. The first kappa shape index (κ1) is 18.0. The largest absolute Gasteiger partial charge is 0.480 e. The van der Waals surface area contributed by atoms with E-state index >= 15 is 0 Å². The fourth-order valence-electron chi connectivity index (χ4n) is 3.35. The second-order valence-corrected chi connectivity index (χ2v) is 6.53. The van der Waals surface area contributed by atoms with Gasteiger partial charge in [0.1, 0.15) is 12.6 Å². The van der Waals surface area contributed by atoms with Crippen molar-refractivity contribution in [3.8, 4) is 11.1 Å². The van der Waals surface area contributed by atoms with Crippen molar-refractivity contribution >= 4 is 12.1 Å². The first-order valence-electron chi connectivity index (χ1n) is 8.95. The topological polar surface area (TPSA) is 75.6 Å². The van der Waals surface area contributed by atoms with E-state index in [1.807, 2.05) is 31.2 Å². The Kier molecular flexibility index (Phi) is 5.56. The van der Waals surface area contributed by atoms with Crippen LogP contribution in [0.15, 0.2) is 42.5 Å². The molecule has 0 heterocycles. The van der Waals surface area contributed by atoms with Crippen molar-refractivity contribution in [2.75, 3.05) is 0 Å². The Bertz CT molecular complexity index is 815. The molecule has 0 radical (unpaired) electrons. The molecule has 2 N–H and O–H groups in total. The van der Waals surface area contributed by atoms with Crippen LogP contribution in [-0.2, 0) is 22.6 Å². The summed E-state index contributed by atoms with van der Waals surface area (Å²) in [6.45, 7) is 2.11. The van der Waals surface area contributed by atoms with Crippen molar-refractivity contribution < 1.29 is 19.4 Å². The standard InChI is InChI=1S/C21H23NO4/c1-2-3-11-19(20(23)24)22-21(25)26-13-15-8-6-10-17-16-9-5-4-7-14(16)12-18(15)17/h4-10,19H,2-3,11-13H2,1H3,(H,22,25)(H,23,24)/t19-/m0/s1. The molecule has 1 atom stereocenters. The molecule has 0 aromatic heterocycles. The van der Waals surface area contributed by atoms with Crippen molar-refractivity contribution in [2.45, 2.75) is 45.3 Å². The quantitative estimate of drug-likeness (QED) is 0.670. The van der Waals surface area contributed by atoms with Crippen LogP contribution < -0.4 is 5.32 Å². The molecule has 0 fully saturated rings. The number of unbranched alkanes of at least 4 members (excludes halogenated alkanes) is 1. The highest BCUT2D eigenvalue weighted by molar-refractivity contribution is 5.80. The number of hydrogen-bond acceptors (Lipinski definition) is 3. The second-order valence-electron chi connectivity index (χ2n) is 6.53. The van der Waals surface area contributed by atoms with Gasteiger partial charge in [0, 0.05) is 0 Å².